The lowest BCUT2D eigenvalue weighted by Crippen LogP contribution is -2.46. The maximum Gasteiger partial charge on any atom is 0.240 e. The van der Waals surface area contributed by atoms with E-state index in [1.807, 2.05) is 83.6 Å². The van der Waals surface area contributed by atoms with Gasteiger partial charge in [0, 0.05) is 51.7 Å². The van der Waals surface area contributed by atoms with Gasteiger partial charge in [0.1, 0.15) is 53.2 Å². The maximum absolute atomic E-state index is 13.6. The zero-order chi connectivity index (χ0) is 49.2. The highest BCUT2D eigenvalue weighted by molar-refractivity contribution is 5.91. The molecule has 5 rings (SSSR count). The molecule has 0 aliphatic rings. The highest BCUT2D eigenvalue weighted by atomic mass is 19.1. The van der Waals surface area contributed by atoms with Crippen LogP contribution in [0.15, 0.2) is 103 Å². The van der Waals surface area contributed by atoms with Crippen LogP contribution in [-0.2, 0) is 36.8 Å². The number of nitrogens with one attached hydrogen (secondary N) is 3. The molecule has 0 aliphatic carbocycles. The highest BCUT2D eigenvalue weighted by Crippen LogP contribution is 2.27. The standard InChI is InChI=1S/C22H21F3N4O5.2C9H13NO.C8H8F2/c23-15-1-2-20(19(9-15)27-13-32)29(10-21(33)26-3-4-30)11-22(34)28-18(12-31)7-14-5-16(24)8-17(25)6-14;2*1-10(2)8-4-6-9(11-3)7-5-8;1-2-6-3-7(9)5-8(10)4-6/h1-2,4-6,8-9,12-13,18H,3,7,10-11H2,(H,26,33)(H,27,32)(H,28,34);2*4-7H,1-3H3;3-5H,2H2,1H3. The molecule has 354 valence electrons. The van der Waals surface area contributed by atoms with Gasteiger partial charge in [0.15, 0.2) is 0 Å². The molecule has 0 spiro atoms. The van der Waals surface area contributed by atoms with Crippen molar-refractivity contribution < 1.29 is 55.4 Å². The Bertz CT molecular complexity index is 2210. The first-order valence-corrected chi connectivity index (χ1v) is 20.2. The summed E-state index contributed by atoms with van der Waals surface area (Å²) in [6.45, 7) is 0.601. The monoisotopic (exact) mass is 922 g/mol. The van der Waals surface area contributed by atoms with E-state index >= 15 is 0 Å². The third-order valence-electron chi connectivity index (χ3n) is 8.96. The fourth-order valence-corrected chi connectivity index (χ4v) is 5.69. The first-order chi connectivity index (χ1) is 31.4. The minimum absolute atomic E-state index is 0.0341. The van der Waals surface area contributed by atoms with E-state index in [0.717, 1.165) is 41.8 Å². The molecule has 0 radical (unpaired) electrons. The van der Waals surface area contributed by atoms with E-state index in [-0.39, 0.29) is 36.3 Å². The average Bonchev–Trinajstić information content (AvgIpc) is 3.28. The van der Waals surface area contributed by atoms with E-state index in [4.69, 9.17) is 9.47 Å². The zero-order valence-electron chi connectivity index (χ0n) is 37.7. The Morgan fingerprint density at radius 1 is 0.621 bits per heavy atom. The zero-order valence-corrected chi connectivity index (χ0v) is 37.7. The second kappa shape index (κ2) is 29.0. The van der Waals surface area contributed by atoms with E-state index in [1.165, 1.54) is 34.5 Å². The van der Waals surface area contributed by atoms with E-state index in [9.17, 15) is 45.9 Å². The molecule has 0 bridgehead atoms. The molecule has 1 unspecified atom stereocenters. The number of rotatable bonds is 18. The molecule has 0 aromatic heterocycles. The summed E-state index contributed by atoms with van der Waals surface area (Å²) < 4.78 is 75.3. The van der Waals surface area contributed by atoms with Crippen molar-refractivity contribution >= 4 is 53.5 Å². The summed E-state index contributed by atoms with van der Waals surface area (Å²) in [5, 5.41) is 6.95. The minimum Gasteiger partial charge on any atom is -0.497 e. The molecule has 0 fully saturated rings. The third kappa shape index (κ3) is 20.3. The summed E-state index contributed by atoms with van der Waals surface area (Å²) in [5.41, 5.74) is 3.28. The van der Waals surface area contributed by atoms with Crippen molar-refractivity contribution in [1.29, 1.82) is 0 Å². The Morgan fingerprint density at radius 2 is 1.09 bits per heavy atom. The molecule has 3 amide bonds. The number of aryl methyl sites for hydroxylation is 1. The van der Waals surface area contributed by atoms with Gasteiger partial charge in [0.2, 0.25) is 18.2 Å². The van der Waals surface area contributed by atoms with Crippen molar-refractivity contribution in [3.8, 4) is 11.5 Å². The van der Waals surface area contributed by atoms with E-state index in [0.29, 0.717) is 30.6 Å². The van der Waals surface area contributed by atoms with Gasteiger partial charge in [-0.05, 0) is 115 Å². The molecule has 0 aliphatic heterocycles. The number of carbonyl (C=O) groups excluding carboxylic acids is 5. The van der Waals surface area contributed by atoms with Crippen LogP contribution in [0.25, 0.3) is 0 Å². The number of carbonyl (C=O) groups is 5. The molecular formula is C48H55F5N6O7. The van der Waals surface area contributed by atoms with Crippen molar-refractivity contribution in [1.82, 2.24) is 10.6 Å². The first-order valence-electron chi connectivity index (χ1n) is 20.2. The lowest BCUT2D eigenvalue weighted by molar-refractivity contribution is -0.123. The molecule has 1 atom stereocenters. The van der Waals surface area contributed by atoms with Gasteiger partial charge in [-0.2, -0.15) is 0 Å². The van der Waals surface area contributed by atoms with Crippen molar-refractivity contribution in [2.45, 2.75) is 25.8 Å². The Balaban J connectivity index is 0.000000373. The third-order valence-corrected chi connectivity index (χ3v) is 8.96. The normalized spacial score (nSPS) is 10.4. The molecule has 5 aromatic rings. The smallest absolute Gasteiger partial charge is 0.240 e. The predicted molar refractivity (Wildman–Crippen MR) is 246 cm³/mol. The topological polar surface area (TPSA) is 150 Å². The Morgan fingerprint density at radius 3 is 1.50 bits per heavy atom. The summed E-state index contributed by atoms with van der Waals surface area (Å²) >= 11 is 0. The summed E-state index contributed by atoms with van der Waals surface area (Å²) in [5.74, 6) is -2.98. The van der Waals surface area contributed by atoms with Crippen molar-refractivity contribution in [3.05, 3.63) is 143 Å². The van der Waals surface area contributed by atoms with Gasteiger partial charge < -0.3 is 49.7 Å². The van der Waals surface area contributed by atoms with Crippen LogP contribution in [0.2, 0.25) is 0 Å². The van der Waals surface area contributed by atoms with Crippen LogP contribution in [0.3, 0.4) is 0 Å². The molecular weight excluding hydrogens is 868 g/mol. The molecule has 3 N–H and O–H groups in total. The maximum atomic E-state index is 13.6. The Hall–Kier alpha value is -7.50. The highest BCUT2D eigenvalue weighted by Gasteiger charge is 2.21. The van der Waals surface area contributed by atoms with Crippen molar-refractivity contribution in [2.75, 3.05) is 82.1 Å². The number of anilines is 4. The molecule has 13 nitrogen and oxygen atoms in total. The van der Waals surface area contributed by atoms with Crippen LogP contribution < -0.4 is 40.1 Å². The van der Waals surface area contributed by atoms with Crippen molar-refractivity contribution in [2.24, 2.45) is 0 Å². The van der Waals surface area contributed by atoms with Gasteiger partial charge in [-0.25, -0.2) is 22.0 Å². The van der Waals surface area contributed by atoms with Crippen LogP contribution in [0.4, 0.5) is 44.7 Å². The van der Waals surface area contributed by atoms with Crippen LogP contribution >= 0.6 is 0 Å². The number of ether oxygens (including phenoxy) is 2. The number of hydrogen-bond acceptors (Lipinski definition) is 10. The molecule has 0 heterocycles. The van der Waals surface area contributed by atoms with Crippen LogP contribution in [0.5, 0.6) is 11.5 Å². The van der Waals surface area contributed by atoms with Crippen molar-refractivity contribution in [3.63, 3.8) is 0 Å². The van der Waals surface area contributed by atoms with Gasteiger partial charge in [-0.1, -0.05) is 6.92 Å². The minimum atomic E-state index is -1.14. The number of aldehydes is 2. The average molecular weight is 923 g/mol. The van der Waals surface area contributed by atoms with Gasteiger partial charge in [-0.15, -0.1) is 0 Å². The second-order valence-corrected chi connectivity index (χ2v) is 14.4. The van der Waals surface area contributed by atoms with Gasteiger partial charge in [-0.3, -0.25) is 14.4 Å². The fourth-order valence-electron chi connectivity index (χ4n) is 5.69. The van der Waals surface area contributed by atoms with Crippen LogP contribution in [0.1, 0.15) is 18.1 Å². The van der Waals surface area contributed by atoms with Crippen LogP contribution in [-0.4, -0.2) is 98.9 Å². The molecule has 18 heteroatoms. The van der Waals surface area contributed by atoms with E-state index in [1.54, 1.807) is 14.2 Å². The molecule has 0 saturated heterocycles. The molecule has 0 saturated carbocycles. The number of nitrogens with zero attached hydrogens (tertiary/aromatic N) is 3. The van der Waals surface area contributed by atoms with Crippen LogP contribution in [0, 0.1) is 29.1 Å². The van der Waals surface area contributed by atoms with Gasteiger partial charge in [0.25, 0.3) is 0 Å². The summed E-state index contributed by atoms with van der Waals surface area (Å²) in [6.07, 6.45) is 1.59. The van der Waals surface area contributed by atoms with Gasteiger partial charge in [0.05, 0.1) is 51.3 Å². The lowest BCUT2D eigenvalue weighted by atomic mass is 10.1. The Kier molecular flexibility index (Phi) is 24.0. The second-order valence-electron chi connectivity index (χ2n) is 14.4. The molecule has 5 aromatic carbocycles. The lowest BCUT2D eigenvalue weighted by Gasteiger charge is -2.26. The molecule has 66 heavy (non-hydrogen) atoms. The van der Waals surface area contributed by atoms with E-state index in [2.05, 4.69) is 25.8 Å². The SMILES string of the molecule is CCc1cc(F)cc(F)c1.COc1ccc(N(C)C)cc1.COc1ccc(N(C)C)cc1.O=CCNC(=O)CN(CC(=O)NC(C=O)Cc1cc(F)cc(F)c1)c1ccc(F)cc1NC=O. The fraction of sp³-hybridized carbons (Fsp3) is 0.271. The number of halogens is 5. The first kappa shape index (κ1) is 54.6. The van der Waals surface area contributed by atoms with E-state index < -0.39 is 60.0 Å². The quantitative estimate of drug-likeness (QED) is 0.0636. The predicted octanol–water partition coefficient (Wildman–Crippen LogP) is 6.77. The number of amides is 3. The Labute approximate surface area is 381 Å². The van der Waals surface area contributed by atoms with Gasteiger partial charge >= 0.3 is 0 Å². The number of methoxy groups -OCH3 is 2. The largest absolute Gasteiger partial charge is 0.497 e. The summed E-state index contributed by atoms with van der Waals surface area (Å²) in [6, 6.07) is 24.3. The number of benzene rings is 5. The summed E-state index contributed by atoms with van der Waals surface area (Å²) in [4.78, 5) is 62.9. The summed E-state index contributed by atoms with van der Waals surface area (Å²) in [7, 11) is 11.4. The number of hydrogen-bond donors (Lipinski definition) is 3.